The van der Waals surface area contributed by atoms with Gasteiger partial charge in [0.2, 0.25) is 0 Å². The summed E-state index contributed by atoms with van der Waals surface area (Å²) >= 11 is 0. The summed E-state index contributed by atoms with van der Waals surface area (Å²) in [7, 11) is 1.68. The van der Waals surface area contributed by atoms with Gasteiger partial charge in [0, 0.05) is 36.2 Å². The fourth-order valence-electron chi connectivity index (χ4n) is 4.21. The predicted molar refractivity (Wildman–Crippen MR) is 114 cm³/mol. The van der Waals surface area contributed by atoms with E-state index in [1.165, 1.54) is 5.56 Å². The Balaban J connectivity index is 1.45. The smallest absolute Gasteiger partial charge is 0.337 e. The second-order valence-electron chi connectivity index (χ2n) is 7.61. The van der Waals surface area contributed by atoms with Gasteiger partial charge in [0.05, 0.1) is 25.5 Å². The molecule has 1 aromatic heterocycles. The predicted octanol–water partition coefficient (Wildman–Crippen LogP) is 2.35. The first-order valence-electron chi connectivity index (χ1n) is 10.1. The normalized spacial score (nSPS) is 17.8. The number of aryl methyl sites for hydroxylation is 2. The standard InChI is InChI=1S/C21H25N7O2/c1-14-12-16(30-3)4-5-18(14)25-8-6-17-19(13-15(2)23-20(17)25)26-10-11-28(24-26)27-9-7-22-21(27)29/h4-5,10-13,24H,6-9H2,1-3H3,(H,22,29). The first-order chi connectivity index (χ1) is 14.5. The molecule has 0 radical (unpaired) electrons. The Morgan fingerprint density at radius 3 is 2.70 bits per heavy atom. The number of carbonyl (C=O) groups is 1. The average Bonchev–Trinajstić information content (AvgIpc) is 3.46. The number of methoxy groups -OCH3 is 1. The molecule has 2 aromatic rings. The molecule has 2 N–H and O–H groups in total. The summed E-state index contributed by atoms with van der Waals surface area (Å²) in [6, 6.07) is 8.10. The summed E-state index contributed by atoms with van der Waals surface area (Å²) in [5.74, 6) is 1.83. The number of nitrogens with one attached hydrogen (secondary N) is 2. The number of amides is 2. The van der Waals surface area contributed by atoms with E-state index >= 15 is 0 Å². The lowest BCUT2D eigenvalue weighted by molar-refractivity contribution is 0.0433. The molecular formula is C21H25N7O2. The molecule has 0 bridgehead atoms. The quantitative estimate of drug-likeness (QED) is 0.806. The zero-order valence-electron chi connectivity index (χ0n) is 17.3. The molecule has 3 aliphatic rings. The van der Waals surface area contributed by atoms with E-state index < -0.39 is 0 Å². The summed E-state index contributed by atoms with van der Waals surface area (Å²) < 4.78 is 5.35. The molecule has 2 amide bonds. The molecule has 4 heterocycles. The van der Waals surface area contributed by atoms with Crippen LogP contribution in [-0.4, -0.2) is 47.9 Å². The Morgan fingerprint density at radius 2 is 1.97 bits per heavy atom. The Labute approximate surface area is 175 Å². The third kappa shape index (κ3) is 2.98. The number of nitrogens with zero attached hydrogens (tertiary/aromatic N) is 5. The van der Waals surface area contributed by atoms with Crippen LogP contribution in [0.5, 0.6) is 5.75 Å². The van der Waals surface area contributed by atoms with Crippen LogP contribution in [0.4, 0.5) is 22.0 Å². The molecule has 156 valence electrons. The van der Waals surface area contributed by atoms with Gasteiger partial charge < -0.3 is 15.0 Å². The highest BCUT2D eigenvalue weighted by molar-refractivity contribution is 5.77. The van der Waals surface area contributed by atoms with E-state index in [9.17, 15) is 4.79 Å². The maximum absolute atomic E-state index is 12.0. The van der Waals surface area contributed by atoms with Gasteiger partial charge in [-0.2, -0.15) is 0 Å². The first-order valence-corrected chi connectivity index (χ1v) is 10.1. The van der Waals surface area contributed by atoms with Crippen molar-refractivity contribution >= 4 is 23.2 Å². The van der Waals surface area contributed by atoms with E-state index in [-0.39, 0.29) is 6.03 Å². The molecule has 9 heteroatoms. The van der Waals surface area contributed by atoms with Crippen LogP contribution >= 0.6 is 0 Å². The van der Waals surface area contributed by atoms with Gasteiger partial charge in [-0.05, 0) is 50.1 Å². The molecule has 5 rings (SSSR count). The summed E-state index contributed by atoms with van der Waals surface area (Å²) in [4.78, 5) is 19.1. The van der Waals surface area contributed by atoms with Crippen LogP contribution in [0.3, 0.4) is 0 Å². The van der Waals surface area contributed by atoms with Gasteiger partial charge in [0.25, 0.3) is 0 Å². The van der Waals surface area contributed by atoms with Crippen LogP contribution in [-0.2, 0) is 6.42 Å². The summed E-state index contributed by atoms with van der Waals surface area (Å²) in [5.41, 5.74) is 8.73. The minimum Gasteiger partial charge on any atom is -0.497 e. The minimum atomic E-state index is -0.105. The number of aromatic nitrogens is 1. The van der Waals surface area contributed by atoms with Crippen molar-refractivity contribution in [3.63, 3.8) is 0 Å². The molecule has 1 fully saturated rings. The topological polar surface area (TPSA) is 76.2 Å². The van der Waals surface area contributed by atoms with Gasteiger partial charge in [-0.3, -0.25) is 5.01 Å². The number of hydrogen-bond acceptors (Lipinski definition) is 7. The number of urea groups is 1. The molecule has 3 aliphatic heterocycles. The molecule has 0 spiro atoms. The van der Waals surface area contributed by atoms with Gasteiger partial charge in [-0.25, -0.2) is 19.9 Å². The maximum atomic E-state index is 12.0. The first kappa shape index (κ1) is 18.6. The number of carbonyl (C=O) groups excluding carboxylic acids is 1. The highest BCUT2D eigenvalue weighted by atomic mass is 16.5. The number of benzene rings is 1. The third-order valence-electron chi connectivity index (χ3n) is 5.66. The average molecular weight is 407 g/mol. The van der Waals surface area contributed by atoms with Crippen molar-refractivity contribution in [1.29, 1.82) is 0 Å². The van der Waals surface area contributed by atoms with Crippen LogP contribution in [0.2, 0.25) is 0 Å². The summed E-state index contributed by atoms with van der Waals surface area (Å²) in [6.07, 6.45) is 4.68. The number of pyridine rings is 1. The van der Waals surface area contributed by atoms with Crippen molar-refractivity contribution in [3.05, 3.63) is 53.5 Å². The van der Waals surface area contributed by atoms with Crippen molar-refractivity contribution < 1.29 is 9.53 Å². The Hall–Kier alpha value is -3.46. The van der Waals surface area contributed by atoms with E-state index in [1.807, 2.05) is 36.5 Å². The van der Waals surface area contributed by atoms with Gasteiger partial charge in [-0.15, -0.1) is 5.53 Å². The molecule has 0 unspecified atom stereocenters. The SMILES string of the molecule is COc1ccc(N2CCc3c(N4C=CN(N5CCNC5=O)N4)cc(C)nc32)c(C)c1. The second-order valence-corrected chi connectivity index (χ2v) is 7.61. The van der Waals surface area contributed by atoms with Crippen molar-refractivity contribution in [1.82, 2.24) is 26.0 Å². The number of ether oxygens (including phenoxy) is 1. The van der Waals surface area contributed by atoms with Gasteiger partial charge in [0.1, 0.15) is 11.6 Å². The zero-order chi connectivity index (χ0) is 20.8. The third-order valence-corrected chi connectivity index (χ3v) is 5.66. The molecule has 0 saturated carbocycles. The van der Waals surface area contributed by atoms with Crippen LogP contribution in [0.25, 0.3) is 0 Å². The van der Waals surface area contributed by atoms with Crippen LogP contribution in [0, 0.1) is 13.8 Å². The van der Waals surface area contributed by atoms with E-state index in [4.69, 9.17) is 9.72 Å². The lowest BCUT2D eigenvalue weighted by Crippen LogP contribution is -2.50. The number of hydrazine groups is 3. The van der Waals surface area contributed by atoms with Gasteiger partial charge >= 0.3 is 6.03 Å². The number of hydrogen-bond donors (Lipinski definition) is 2. The molecule has 0 atom stereocenters. The van der Waals surface area contributed by atoms with Crippen molar-refractivity contribution in [2.75, 3.05) is 36.7 Å². The number of rotatable bonds is 4. The lowest BCUT2D eigenvalue weighted by Gasteiger charge is -2.29. The van der Waals surface area contributed by atoms with Gasteiger partial charge in [-0.1, -0.05) is 0 Å². The fraction of sp³-hybridized carbons (Fsp3) is 0.333. The van der Waals surface area contributed by atoms with Crippen LogP contribution in [0.15, 0.2) is 36.7 Å². The van der Waals surface area contributed by atoms with Crippen LogP contribution in [0.1, 0.15) is 16.8 Å². The highest BCUT2D eigenvalue weighted by Crippen LogP contribution is 2.40. The van der Waals surface area contributed by atoms with Crippen molar-refractivity contribution in [2.24, 2.45) is 0 Å². The molecule has 9 nitrogen and oxygen atoms in total. The summed E-state index contributed by atoms with van der Waals surface area (Å²) in [6.45, 7) is 6.23. The molecule has 30 heavy (non-hydrogen) atoms. The van der Waals surface area contributed by atoms with Gasteiger partial charge in [0.15, 0.2) is 0 Å². The number of anilines is 3. The van der Waals surface area contributed by atoms with Crippen LogP contribution < -0.4 is 25.5 Å². The Kier molecular flexibility index (Phi) is 4.39. The fourth-order valence-corrected chi connectivity index (χ4v) is 4.21. The van der Waals surface area contributed by atoms with E-state index in [0.717, 1.165) is 47.2 Å². The monoisotopic (exact) mass is 407 g/mol. The van der Waals surface area contributed by atoms with Crippen molar-refractivity contribution in [3.8, 4) is 5.75 Å². The van der Waals surface area contributed by atoms with E-state index in [1.54, 1.807) is 17.2 Å². The summed E-state index contributed by atoms with van der Waals surface area (Å²) in [5, 5.41) is 8.11. The number of fused-ring (bicyclic) bond motifs is 1. The van der Waals surface area contributed by atoms with Crippen molar-refractivity contribution in [2.45, 2.75) is 20.3 Å². The highest BCUT2D eigenvalue weighted by Gasteiger charge is 2.32. The lowest BCUT2D eigenvalue weighted by atomic mass is 10.1. The molecule has 0 aliphatic carbocycles. The molecule has 1 aromatic carbocycles. The Morgan fingerprint density at radius 1 is 1.10 bits per heavy atom. The largest absolute Gasteiger partial charge is 0.497 e. The zero-order valence-corrected chi connectivity index (χ0v) is 17.3. The minimum absolute atomic E-state index is 0.105. The maximum Gasteiger partial charge on any atom is 0.337 e. The Bertz CT molecular complexity index is 1040. The second kappa shape index (κ2) is 7.10. The molecule has 1 saturated heterocycles. The van der Waals surface area contributed by atoms with E-state index in [2.05, 4.69) is 34.8 Å². The molecular weight excluding hydrogens is 382 g/mol. The van der Waals surface area contributed by atoms with E-state index in [0.29, 0.717) is 13.1 Å².